The average molecular weight is 209 g/mol. The summed E-state index contributed by atoms with van der Waals surface area (Å²) in [6.07, 6.45) is 1.54. The summed E-state index contributed by atoms with van der Waals surface area (Å²) in [5.74, 6) is 1.92. The van der Waals surface area contributed by atoms with Gasteiger partial charge < -0.3 is 10.1 Å². The Morgan fingerprint density at radius 3 is 2.60 bits per heavy atom. The Bertz CT molecular complexity index is 288. The fourth-order valence-electron chi connectivity index (χ4n) is 1.46. The van der Waals surface area contributed by atoms with Crippen LogP contribution in [0.25, 0.3) is 0 Å². The van der Waals surface area contributed by atoms with Crippen LogP contribution in [0.2, 0.25) is 0 Å². The van der Waals surface area contributed by atoms with Crippen LogP contribution < -0.4 is 10.1 Å². The summed E-state index contributed by atoms with van der Waals surface area (Å²) < 4.78 is 5.49. The maximum absolute atomic E-state index is 5.49. The smallest absolute Gasteiger partial charge is 0.222 e. The van der Waals surface area contributed by atoms with Crippen molar-refractivity contribution >= 4 is 5.82 Å². The average Bonchev–Trinajstić information content (AvgIpc) is 2.18. The fourth-order valence-corrected chi connectivity index (χ4v) is 1.46. The molecule has 1 heterocycles. The lowest BCUT2D eigenvalue weighted by Gasteiger charge is -2.15. The Kier molecular flexibility index (Phi) is 4.34. The van der Waals surface area contributed by atoms with Gasteiger partial charge in [-0.3, -0.25) is 0 Å². The molecule has 1 N–H and O–H groups in total. The van der Waals surface area contributed by atoms with E-state index in [0.29, 0.717) is 18.4 Å². The Labute approximate surface area is 91.1 Å². The van der Waals surface area contributed by atoms with Gasteiger partial charge in [-0.2, -0.15) is 0 Å². The van der Waals surface area contributed by atoms with Crippen LogP contribution >= 0.6 is 0 Å². The topological polar surface area (TPSA) is 47.0 Å². The van der Waals surface area contributed by atoms with Crippen molar-refractivity contribution in [2.45, 2.75) is 33.6 Å². The molecule has 0 atom stereocenters. The van der Waals surface area contributed by atoms with E-state index in [-0.39, 0.29) is 0 Å². The number of rotatable bonds is 5. The molecule has 0 aromatic carbocycles. The van der Waals surface area contributed by atoms with Crippen molar-refractivity contribution in [3.63, 3.8) is 0 Å². The second-order valence-electron chi connectivity index (χ2n) is 3.56. The molecule has 4 nitrogen and oxygen atoms in total. The van der Waals surface area contributed by atoms with Crippen LogP contribution in [0.1, 0.15) is 39.2 Å². The molecule has 0 spiro atoms. The summed E-state index contributed by atoms with van der Waals surface area (Å²) in [5.41, 5.74) is 1.06. The fraction of sp³-hybridized carbons (Fsp3) is 0.636. The van der Waals surface area contributed by atoms with Crippen molar-refractivity contribution < 1.29 is 4.74 Å². The molecule has 1 aromatic heterocycles. The predicted octanol–water partition coefficient (Wildman–Crippen LogP) is 2.43. The van der Waals surface area contributed by atoms with Gasteiger partial charge in [-0.1, -0.05) is 13.8 Å². The van der Waals surface area contributed by atoms with Crippen molar-refractivity contribution in [3.05, 3.63) is 11.9 Å². The number of hydrogen-bond acceptors (Lipinski definition) is 4. The molecule has 4 heteroatoms. The number of anilines is 1. The van der Waals surface area contributed by atoms with E-state index in [4.69, 9.17) is 4.74 Å². The molecule has 0 amide bonds. The highest BCUT2D eigenvalue weighted by atomic mass is 16.5. The van der Waals surface area contributed by atoms with E-state index in [0.717, 1.165) is 17.9 Å². The number of hydrogen-bond donors (Lipinski definition) is 1. The SMILES string of the molecule is CCNc1ncnc(OCC)c1C(C)C. The van der Waals surface area contributed by atoms with Gasteiger partial charge in [0.1, 0.15) is 12.1 Å². The molecule has 1 rings (SSSR count). The predicted molar refractivity (Wildman–Crippen MR) is 61.5 cm³/mol. The van der Waals surface area contributed by atoms with Crippen LogP contribution in [-0.2, 0) is 0 Å². The molecule has 0 saturated heterocycles. The van der Waals surface area contributed by atoms with E-state index in [1.807, 2.05) is 13.8 Å². The minimum atomic E-state index is 0.349. The first-order valence-corrected chi connectivity index (χ1v) is 5.42. The molecule has 84 valence electrons. The highest BCUT2D eigenvalue weighted by Gasteiger charge is 2.15. The molecule has 0 aliphatic rings. The summed E-state index contributed by atoms with van der Waals surface area (Å²) in [7, 11) is 0. The van der Waals surface area contributed by atoms with Crippen LogP contribution in [0.4, 0.5) is 5.82 Å². The molecular formula is C11H19N3O. The maximum atomic E-state index is 5.49. The molecular weight excluding hydrogens is 190 g/mol. The second-order valence-corrected chi connectivity index (χ2v) is 3.56. The standard InChI is InChI=1S/C11H19N3O/c1-5-12-10-9(8(3)4)11(15-6-2)14-7-13-10/h7-8H,5-6H2,1-4H3,(H,12,13,14). The molecule has 0 aliphatic carbocycles. The quantitative estimate of drug-likeness (QED) is 0.809. The number of nitrogens with zero attached hydrogens (tertiary/aromatic N) is 2. The molecule has 0 fully saturated rings. The largest absolute Gasteiger partial charge is 0.478 e. The molecule has 0 bridgehead atoms. The first-order valence-electron chi connectivity index (χ1n) is 5.42. The zero-order valence-electron chi connectivity index (χ0n) is 9.87. The highest BCUT2D eigenvalue weighted by molar-refractivity contribution is 5.50. The molecule has 0 radical (unpaired) electrons. The van der Waals surface area contributed by atoms with Crippen LogP contribution in [-0.4, -0.2) is 23.1 Å². The van der Waals surface area contributed by atoms with Gasteiger partial charge in [-0.05, 0) is 19.8 Å². The highest BCUT2D eigenvalue weighted by Crippen LogP contribution is 2.29. The molecule has 0 aliphatic heterocycles. The van der Waals surface area contributed by atoms with E-state index < -0.39 is 0 Å². The van der Waals surface area contributed by atoms with E-state index in [1.54, 1.807) is 0 Å². The Balaban J connectivity index is 3.09. The van der Waals surface area contributed by atoms with Gasteiger partial charge in [-0.15, -0.1) is 0 Å². The molecule has 0 saturated carbocycles. The maximum Gasteiger partial charge on any atom is 0.222 e. The van der Waals surface area contributed by atoms with Crippen molar-refractivity contribution in [2.24, 2.45) is 0 Å². The van der Waals surface area contributed by atoms with E-state index in [9.17, 15) is 0 Å². The van der Waals surface area contributed by atoms with Crippen molar-refractivity contribution in [2.75, 3.05) is 18.5 Å². The first kappa shape index (κ1) is 11.8. The lowest BCUT2D eigenvalue weighted by Crippen LogP contribution is -2.08. The second kappa shape index (κ2) is 5.53. The third-order valence-electron chi connectivity index (χ3n) is 2.05. The van der Waals surface area contributed by atoms with Gasteiger partial charge in [0.2, 0.25) is 5.88 Å². The summed E-state index contributed by atoms with van der Waals surface area (Å²) in [6, 6.07) is 0. The van der Waals surface area contributed by atoms with Crippen molar-refractivity contribution in [3.8, 4) is 5.88 Å². The van der Waals surface area contributed by atoms with Gasteiger partial charge in [0.05, 0.1) is 12.2 Å². The van der Waals surface area contributed by atoms with E-state index in [2.05, 4.69) is 29.1 Å². The normalized spacial score (nSPS) is 10.5. The van der Waals surface area contributed by atoms with Crippen LogP contribution in [0, 0.1) is 0 Å². The van der Waals surface area contributed by atoms with Crippen molar-refractivity contribution in [1.29, 1.82) is 0 Å². The van der Waals surface area contributed by atoms with Gasteiger partial charge in [-0.25, -0.2) is 9.97 Å². The lowest BCUT2D eigenvalue weighted by atomic mass is 10.1. The Morgan fingerprint density at radius 1 is 1.33 bits per heavy atom. The number of aromatic nitrogens is 2. The summed E-state index contributed by atoms with van der Waals surface area (Å²) in [4.78, 5) is 8.39. The number of ether oxygens (including phenoxy) is 1. The zero-order valence-corrected chi connectivity index (χ0v) is 9.87. The van der Waals surface area contributed by atoms with Gasteiger partial charge in [0, 0.05) is 6.54 Å². The number of nitrogens with one attached hydrogen (secondary N) is 1. The van der Waals surface area contributed by atoms with Gasteiger partial charge in [0.25, 0.3) is 0 Å². The minimum Gasteiger partial charge on any atom is -0.478 e. The van der Waals surface area contributed by atoms with Gasteiger partial charge >= 0.3 is 0 Å². The van der Waals surface area contributed by atoms with Crippen LogP contribution in [0.3, 0.4) is 0 Å². The molecule has 1 aromatic rings. The third kappa shape index (κ3) is 2.81. The van der Waals surface area contributed by atoms with Crippen LogP contribution in [0.15, 0.2) is 6.33 Å². The first-order chi connectivity index (χ1) is 7.20. The van der Waals surface area contributed by atoms with E-state index in [1.165, 1.54) is 6.33 Å². The monoisotopic (exact) mass is 209 g/mol. The Hall–Kier alpha value is -1.32. The third-order valence-corrected chi connectivity index (χ3v) is 2.05. The van der Waals surface area contributed by atoms with Gasteiger partial charge in [0.15, 0.2) is 0 Å². The summed E-state index contributed by atoms with van der Waals surface area (Å²) in [6.45, 7) is 9.71. The lowest BCUT2D eigenvalue weighted by molar-refractivity contribution is 0.321. The zero-order chi connectivity index (χ0) is 11.3. The van der Waals surface area contributed by atoms with Crippen molar-refractivity contribution in [1.82, 2.24) is 9.97 Å². The summed E-state index contributed by atoms with van der Waals surface area (Å²) >= 11 is 0. The molecule has 15 heavy (non-hydrogen) atoms. The molecule has 0 unspecified atom stereocenters. The van der Waals surface area contributed by atoms with Crippen LogP contribution in [0.5, 0.6) is 5.88 Å². The Morgan fingerprint density at radius 2 is 2.07 bits per heavy atom. The minimum absolute atomic E-state index is 0.349. The summed E-state index contributed by atoms with van der Waals surface area (Å²) in [5, 5.41) is 3.23. The van der Waals surface area contributed by atoms with E-state index >= 15 is 0 Å².